The van der Waals surface area contributed by atoms with Crippen molar-refractivity contribution in [2.75, 3.05) is 13.6 Å². The lowest BCUT2D eigenvalue weighted by Gasteiger charge is -2.34. The second-order valence-electron chi connectivity index (χ2n) is 5.40. The molecule has 98 valence electrons. The van der Waals surface area contributed by atoms with Gasteiger partial charge in [0.1, 0.15) is 6.04 Å². The molecule has 0 aromatic carbocycles. The smallest absolute Gasteiger partial charge is 0.330 e. The molecule has 1 aliphatic heterocycles. The Morgan fingerprint density at radius 1 is 1.29 bits per heavy atom. The first-order chi connectivity index (χ1) is 7.86. The maximum absolute atomic E-state index is 11.8. The first kappa shape index (κ1) is 14.0. The normalized spacial score (nSPS) is 22.0. The van der Waals surface area contributed by atoms with Crippen LogP contribution in [0.15, 0.2) is 0 Å². The average molecular weight is 242 g/mol. The van der Waals surface area contributed by atoms with Gasteiger partial charge >= 0.3 is 5.97 Å². The van der Waals surface area contributed by atoms with Crippen molar-refractivity contribution < 1.29 is 14.4 Å². The minimum Gasteiger partial charge on any atom is -0.367 e. The molecule has 5 heteroatoms. The Morgan fingerprint density at radius 3 is 2.47 bits per heavy atom. The van der Waals surface area contributed by atoms with Gasteiger partial charge in [-0.05, 0) is 40.0 Å². The van der Waals surface area contributed by atoms with Crippen LogP contribution in [0.5, 0.6) is 0 Å². The highest BCUT2D eigenvalue weighted by molar-refractivity contribution is 5.82. The standard InChI is InChI=1S/C12H22N2O3/c1-12(2,3)11(16)17-14-8-6-5-7-9(14)10(15)13-4/h9H,5-8H2,1-4H3,(H,13,15). The van der Waals surface area contributed by atoms with Gasteiger partial charge in [0.25, 0.3) is 0 Å². The molecular formula is C12H22N2O3. The van der Waals surface area contributed by atoms with Gasteiger partial charge in [-0.1, -0.05) is 0 Å². The van der Waals surface area contributed by atoms with Gasteiger partial charge in [-0.15, -0.1) is 5.06 Å². The molecule has 1 unspecified atom stereocenters. The van der Waals surface area contributed by atoms with E-state index in [2.05, 4.69) is 5.32 Å². The highest BCUT2D eigenvalue weighted by atomic mass is 16.7. The van der Waals surface area contributed by atoms with E-state index in [9.17, 15) is 9.59 Å². The van der Waals surface area contributed by atoms with E-state index in [-0.39, 0.29) is 17.9 Å². The molecule has 1 fully saturated rings. The van der Waals surface area contributed by atoms with Crippen molar-refractivity contribution in [3.63, 3.8) is 0 Å². The van der Waals surface area contributed by atoms with E-state index in [1.807, 2.05) is 0 Å². The Balaban J connectivity index is 2.66. The number of likely N-dealkylation sites (N-methyl/N-ethyl adjacent to an activating group) is 1. The monoisotopic (exact) mass is 242 g/mol. The van der Waals surface area contributed by atoms with E-state index in [0.29, 0.717) is 6.54 Å². The number of nitrogens with one attached hydrogen (secondary N) is 1. The average Bonchev–Trinajstić information content (AvgIpc) is 2.27. The lowest BCUT2D eigenvalue weighted by molar-refractivity contribution is -0.216. The summed E-state index contributed by atoms with van der Waals surface area (Å²) in [6.45, 7) is 6.02. The van der Waals surface area contributed by atoms with Gasteiger partial charge in [0, 0.05) is 13.6 Å². The topological polar surface area (TPSA) is 58.6 Å². The van der Waals surface area contributed by atoms with Crippen LogP contribution in [0.25, 0.3) is 0 Å². The Kier molecular flexibility index (Phi) is 4.51. The molecule has 1 atom stereocenters. The molecule has 1 aliphatic rings. The van der Waals surface area contributed by atoms with Crippen LogP contribution in [0, 0.1) is 5.41 Å². The molecule has 1 N–H and O–H groups in total. The number of nitrogens with zero attached hydrogens (tertiary/aromatic N) is 1. The number of carbonyl (C=O) groups excluding carboxylic acids is 2. The summed E-state index contributed by atoms with van der Waals surface area (Å²) in [5.41, 5.74) is -0.551. The Bertz CT molecular complexity index is 297. The third-order valence-corrected chi connectivity index (χ3v) is 2.82. The summed E-state index contributed by atoms with van der Waals surface area (Å²) < 4.78 is 0. The number of rotatable bonds is 2. The summed E-state index contributed by atoms with van der Waals surface area (Å²) in [6, 6.07) is -0.347. The fourth-order valence-corrected chi connectivity index (χ4v) is 1.69. The van der Waals surface area contributed by atoms with E-state index >= 15 is 0 Å². The Labute approximate surface area is 102 Å². The highest BCUT2D eigenvalue weighted by Gasteiger charge is 2.34. The van der Waals surface area contributed by atoms with Crippen LogP contribution in [-0.2, 0) is 14.4 Å². The minimum atomic E-state index is -0.551. The van der Waals surface area contributed by atoms with Gasteiger partial charge in [0.15, 0.2) is 0 Å². The van der Waals surface area contributed by atoms with Crippen LogP contribution < -0.4 is 5.32 Å². The number of piperidine rings is 1. The van der Waals surface area contributed by atoms with Gasteiger partial charge in [-0.25, -0.2) is 4.79 Å². The molecule has 1 rings (SSSR count). The molecule has 0 bridgehead atoms. The molecule has 0 aromatic heterocycles. The van der Waals surface area contributed by atoms with Crippen LogP contribution in [0.2, 0.25) is 0 Å². The molecule has 0 saturated carbocycles. The van der Waals surface area contributed by atoms with Gasteiger partial charge in [0.05, 0.1) is 5.41 Å². The minimum absolute atomic E-state index is 0.0913. The zero-order valence-corrected chi connectivity index (χ0v) is 11.1. The van der Waals surface area contributed by atoms with Crippen LogP contribution in [0.1, 0.15) is 40.0 Å². The van der Waals surface area contributed by atoms with Crippen LogP contribution in [-0.4, -0.2) is 36.6 Å². The predicted octanol–water partition coefficient (Wildman–Crippen LogP) is 1.09. The molecule has 1 amide bonds. The third kappa shape index (κ3) is 3.70. The van der Waals surface area contributed by atoms with E-state index in [1.165, 1.54) is 5.06 Å². The molecule has 0 aromatic rings. The quantitative estimate of drug-likeness (QED) is 0.787. The van der Waals surface area contributed by atoms with Crippen molar-refractivity contribution in [2.45, 2.75) is 46.1 Å². The molecule has 5 nitrogen and oxygen atoms in total. The van der Waals surface area contributed by atoms with Crippen molar-refractivity contribution >= 4 is 11.9 Å². The van der Waals surface area contributed by atoms with Crippen molar-refractivity contribution in [1.82, 2.24) is 10.4 Å². The van der Waals surface area contributed by atoms with Crippen LogP contribution >= 0.6 is 0 Å². The molecule has 0 radical (unpaired) electrons. The summed E-state index contributed by atoms with van der Waals surface area (Å²) in [7, 11) is 1.60. The fourth-order valence-electron chi connectivity index (χ4n) is 1.69. The van der Waals surface area contributed by atoms with Crippen molar-refractivity contribution in [3.8, 4) is 0 Å². The van der Waals surface area contributed by atoms with Gasteiger partial charge in [-0.2, -0.15) is 0 Å². The first-order valence-corrected chi connectivity index (χ1v) is 6.07. The lowest BCUT2D eigenvalue weighted by Crippen LogP contribution is -2.50. The van der Waals surface area contributed by atoms with E-state index in [0.717, 1.165) is 19.3 Å². The SMILES string of the molecule is CNC(=O)C1CCCCN1OC(=O)C(C)(C)C. The molecule has 17 heavy (non-hydrogen) atoms. The third-order valence-electron chi connectivity index (χ3n) is 2.82. The van der Waals surface area contributed by atoms with Gasteiger partial charge < -0.3 is 10.2 Å². The Morgan fingerprint density at radius 2 is 1.94 bits per heavy atom. The summed E-state index contributed by atoms with van der Waals surface area (Å²) >= 11 is 0. The second-order valence-corrected chi connectivity index (χ2v) is 5.40. The van der Waals surface area contributed by atoms with Crippen molar-refractivity contribution in [1.29, 1.82) is 0 Å². The highest BCUT2D eigenvalue weighted by Crippen LogP contribution is 2.22. The molecule has 1 saturated heterocycles. The summed E-state index contributed by atoms with van der Waals surface area (Å²) in [4.78, 5) is 28.8. The van der Waals surface area contributed by atoms with Crippen molar-refractivity contribution in [2.24, 2.45) is 5.41 Å². The molecule has 0 aliphatic carbocycles. The van der Waals surface area contributed by atoms with Crippen LogP contribution in [0.3, 0.4) is 0 Å². The molecule has 0 spiro atoms. The summed E-state index contributed by atoms with van der Waals surface area (Å²) in [6.07, 6.45) is 2.67. The Hall–Kier alpha value is -1.10. The zero-order valence-electron chi connectivity index (χ0n) is 11.1. The number of hydroxylamine groups is 2. The maximum Gasteiger partial charge on any atom is 0.330 e. The second kappa shape index (κ2) is 5.49. The van der Waals surface area contributed by atoms with Gasteiger partial charge in [-0.3, -0.25) is 4.79 Å². The molecular weight excluding hydrogens is 220 g/mol. The summed E-state index contributed by atoms with van der Waals surface area (Å²) in [5.74, 6) is -0.389. The molecule has 1 heterocycles. The number of amides is 1. The fraction of sp³-hybridized carbons (Fsp3) is 0.833. The van der Waals surface area contributed by atoms with Gasteiger partial charge in [0.2, 0.25) is 5.91 Å². The predicted molar refractivity (Wildman–Crippen MR) is 64.0 cm³/mol. The number of hydrogen-bond donors (Lipinski definition) is 1. The van der Waals surface area contributed by atoms with E-state index in [4.69, 9.17) is 4.84 Å². The number of hydrogen-bond acceptors (Lipinski definition) is 4. The summed E-state index contributed by atoms with van der Waals surface area (Å²) in [5, 5.41) is 4.13. The first-order valence-electron chi connectivity index (χ1n) is 6.07. The lowest BCUT2D eigenvalue weighted by atomic mass is 9.97. The van der Waals surface area contributed by atoms with E-state index < -0.39 is 5.41 Å². The number of carbonyl (C=O) groups is 2. The van der Waals surface area contributed by atoms with Crippen LogP contribution in [0.4, 0.5) is 0 Å². The zero-order chi connectivity index (χ0) is 13.1. The largest absolute Gasteiger partial charge is 0.367 e. The van der Waals surface area contributed by atoms with Crippen molar-refractivity contribution in [3.05, 3.63) is 0 Å². The maximum atomic E-state index is 11.8. The van der Waals surface area contributed by atoms with E-state index in [1.54, 1.807) is 27.8 Å².